The number of thiocarbonyl (C=S) groups is 1. The van der Waals surface area contributed by atoms with Gasteiger partial charge in [0.1, 0.15) is 0 Å². The van der Waals surface area contributed by atoms with E-state index in [2.05, 4.69) is 10.6 Å². The maximum Gasteiger partial charge on any atom is 0.418 e. The fourth-order valence-electron chi connectivity index (χ4n) is 1.41. The largest absolute Gasteiger partial charge is 0.418 e. The molecule has 0 bridgehead atoms. The lowest BCUT2D eigenvalue weighted by Gasteiger charge is -2.29. The Hall–Kier alpha value is -1.30. The van der Waals surface area contributed by atoms with Crippen LogP contribution in [0.5, 0.6) is 0 Å². The Morgan fingerprint density at radius 2 is 1.70 bits per heavy atom. The Morgan fingerprint density at radius 1 is 1.15 bits per heavy atom. The second-order valence-corrected chi connectivity index (χ2v) is 6.14. The zero-order chi connectivity index (χ0) is 15.6. The summed E-state index contributed by atoms with van der Waals surface area (Å²) in [6.45, 7) is 8.01. The highest BCUT2D eigenvalue weighted by Gasteiger charge is 2.33. The molecule has 0 aromatic heterocycles. The average molecular weight is 304 g/mol. The summed E-state index contributed by atoms with van der Waals surface area (Å²) in [5.41, 5.74) is -0.818. The van der Waals surface area contributed by atoms with E-state index >= 15 is 0 Å². The third kappa shape index (κ3) is 4.67. The van der Waals surface area contributed by atoms with Crippen LogP contribution in [0.3, 0.4) is 0 Å². The van der Waals surface area contributed by atoms with Crippen LogP contribution < -0.4 is 10.6 Å². The van der Waals surface area contributed by atoms with E-state index in [4.69, 9.17) is 12.2 Å². The lowest BCUT2D eigenvalue weighted by Crippen LogP contribution is -2.43. The molecule has 0 saturated heterocycles. The molecule has 0 aliphatic rings. The van der Waals surface area contributed by atoms with Crippen molar-refractivity contribution >= 4 is 23.0 Å². The predicted octanol–water partition coefficient (Wildman–Crippen LogP) is 4.43. The molecule has 2 nitrogen and oxygen atoms in total. The fourth-order valence-corrected chi connectivity index (χ4v) is 1.70. The van der Waals surface area contributed by atoms with Gasteiger partial charge in [0.15, 0.2) is 5.11 Å². The van der Waals surface area contributed by atoms with E-state index in [1.54, 1.807) is 0 Å². The van der Waals surface area contributed by atoms with Crippen LogP contribution in [0.15, 0.2) is 24.3 Å². The number of rotatable bonds is 2. The summed E-state index contributed by atoms with van der Waals surface area (Å²) < 4.78 is 38.5. The first kappa shape index (κ1) is 16.8. The van der Waals surface area contributed by atoms with Crippen LogP contribution >= 0.6 is 12.2 Å². The van der Waals surface area contributed by atoms with Crippen molar-refractivity contribution in [2.45, 2.75) is 39.9 Å². The van der Waals surface area contributed by atoms with E-state index in [9.17, 15) is 13.2 Å². The summed E-state index contributed by atoms with van der Waals surface area (Å²) in [7, 11) is 0. The highest BCUT2D eigenvalue weighted by Crippen LogP contribution is 2.34. The fraction of sp³-hybridized carbons (Fsp3) is 0.500. The highest BCUT2D eigenvalue weighted by atomic mass is 32.1. The van der Waals surface area contributed by atoms with Gasteiger partial charge in [-0.05, 0) is 36.7 Å². The number of benzene rings is 1. The maximum atomic E-state index is 12.8. The van der Waals surface area contributed by atoms with Crippen molar-refractivity contribution < 1.29 is 13.2 Å². The number of hydrogen-bond acceptors (Lipinski definition) is 1. The molecule has 0 aliphatic heterocycles. The van der Waals surface area contributed by atoms with Crippen LogP contribution in [0.2, 0.25) is 0 Å². The summed E-state index contributed by atoms with van der Waals surface area (Å²) in [6, 6.07) is 5.30. The first-order valence-corrected chi connectivity index (χ1v) is 6.66. The Kier molecular flexibility index (Phi) is 5.02. The number of nitrogens with one attached hydrogen (secondary N) is 2. The molecule has 0 radical (unpaired) electrons. The van der Waals surface area contributed by atoms with Crippen molar-refractivity contribution in [1.29, 1.82) is 0 Å². The highest BCUT2D eigenvalue weighted by molar-refractivity contribution is 7.80. The van der Waals surface area contributed by atoms with Crippen molar-refractivity contribution in [3.05, 3.63) is 29.8 Å². The van der Waals surface area contributed by atoms with Gasteiger partial charge in [-0.15, -0.1) is 0 Å². The standard InChI is InChI=1S/C14H19F3N2S/c1-9(13(2,3)4)18-12(20)19-11-8-6-5-7-10(11)14(15,16)17/h5-9H,1-4H3,(H2,18,19,20). The summed E-state index contributed by atoms with van der Waals surface area (Å²) >= 11 is 5.07. The average Bonchev–Trinajstić information content (AvgIpc) is 2.26. The molecule has 112 valence electrons. The summed E-state index contributed by atoms with van der Waals surface area (Å²) in [5, 5.41) is 5.80. The first-order valence-electron chi connectivity index (χ1n) is 6.25. The van der Waals surface area contributed by atoms with E-state index in [1.165, 1.54) is 18.2 Å². The Morgan fingerprint density at radius 3 is 2.20 bits per heavy atom. The van der Waals surface area contributed by atoms with Crippen molar-refractivity contribution in [3.8, 4) is 0 Å². The van der Waals surface area contributed by atoms with Gasteiger partial charge < -0.3 is 10.6 Å². The molecule has 1 atom stereocenters. The van der Waals surface area contributed by atoms with Crippen LogP contribution in [0.4, 0.5) is 18.9 Å². The van der Waals surface area contributed by atoms with Crippen molar-refractivity contribution in [2.24, 2.45) is 5.41 Å². The number of para-hydroxylation sites is 1. The van der Waals surface area contributed by atoms with Gasteiger partial charge in [-0.25, -0.2) is 0 Å². The first-order chi connectivity index (χ1) is 9.01. The van der Waals surface area contributed by atoms with Crippen LogP contribution in [-0.4, -0.2) is 11.2 Å². The third-order valence-corrected chi connectivity index (χ3v) is 3.35. The monoisotopic (exact) mass is 304 g/mol. The van der Waals surface area contributed by atoms with Gasteiger partial charge in [0.25, 0.3) is 0 Å². The maximum absolute atomic E-state index is 12.8. The van der Waals surface area contributed by atoms with E-state index in [-0.39, 0.29) is 22.3 Å². The van der Waals surface area contributed by atoms with E-state index in [0.29, 0.717) is 0 Å². The number of hydrogen-bond donors (Lipinski definition) is 2. The molecule has 0 fully saturated rings. The minimum atomic E-state index is -4.41. The molecular formula is C14H19F3N2S. The summed E-state index contributed by atoms with van der Waals surface area (Å²) in [5.74, 6) is 0. The van der Waals surface area contributed by atoms with Crippen LogP contribution in [0, 0.1) is 5.41 Å². The molecule has 6 heteroatoms. The minimum absolute atomic E-state index is 0.0283. The third-order valence-electron chi connectivity index (χ3n) is 3.13. The van der Waals surface area contributed by atoms with Gasteiger partial charge in [0.05, 0.1) is 11.3 Å². The molecule has 0 amide bonds. The summed E-state index contributed by atoms with van der Waals surface area (Å²) in [4.78, 5) is 0. The summed E-state index contributed by atoms with van der Waals surface area (Å²) in [6.07, 6.45) is -4.41. The smallest absolute Gasteiger partial charge is 0.359 e. The second kappa shape index (κ2) is 5.99. The quantitative estimate of drug-likeness (QED) is 0.791. The number of anilines is 1. The SMILES string of the molecule is CC(NC(=S)Nc1ccccc1C(F)(F)F)C(C)(C)C. The van der Waals surface area contributed by atoms with Crippen LogP contribution in [-0.2, 0) is 6.18 Å². The molecular weight excluding hydrogens is 285 g/mol. The molecule has 0 saturated carbocycles. The van der Waals surface area contributed by atoms with Gasteiger partial charge >= 0.3 is 6.18 Å². The lowest BCUT2D eigenvalue weighted by molar-refractivity contribution is -0.136. The normalized spacial score (nSPS) is 13.8. The van der Waals surface area contributed by atoms with Gasteiger partial charge in [0, 0.05) is 6.04 Å². The van der Waals surface area contributed by atoms with Gasteiger partial charge in [-0.1, -0.05) is 32.9 Å². The van der Waals surface area contributed by atoms with Crippen molar-refractivity contribution in [2.75, 3.05) is 5.32 Å². The molecule has 1 aromatic rings. The molecule has 1 rings (SSSR count). The minimum Gasteiger partial charge on any atom is -0.359 e. The topological polar surface area (TPSA) is 24.1 Å². The Balaban J connectivity index is 2.82. The van der Waals surface area contributed by atoms with Crippen LogP contribution in [0.25, 0.3) is 0 Å². The predicted molar refractivity (Wildman–Crippen MR) is 79.7 cm³/mol. The van der Waals surface area contributed by atoms with Crippen LogP contribution in [0.1, 0.15) is 33.3 Å². The molecule has 2 N–H and O–H groups in total. The van der Waals surface area contributed by atoms with E-state index in [1.807, 2.05) is 27.7 Å². The molecule has 1 unspecified atom stereocenters. The molecule has 0 spiro atoms. The number of halogens is 3. The molecule has 0 aliphatic carbocycles. The molecule has 0 heterocycles. The second-order valence-electron chi connectivity index (χ2n) is 5.73. The Labute approximate surface area is 122 Å². The van der Waals surface area contributed by atoms with E-state index in [0.717, 1.165) is 6.07 Å². The zero-order valence-corrected chi connectivity index (χ0v) is 12.7. The van der Waals surface area contributed by atoms with Crippen molar-refractivity contribution in [1.82, 2.24) is 5.32 Å². The number of alkyl halides is 3. The van der Waals surface area contributed by atoms with E-state index < -0.39 is 11.7 Å². The lowest BCUT2D eigenvalue weighted by atomic mass is 9.88. The zero-order valence-electron chi connectivity index (χ0n) is 11.9. The van der Waals surface area contributed by atoms with Gasteiger partial charge in [-0.3, -0.25) is 0 Å². The Bertz CT molecular complexity index is 478. The van der Waals surface area contributed by atoms with Crippen molar-refractivity contribution in [3.63, 3.8) is 0 Å². The van der Waals surface area contributed by atoms with Gasteiger partial charge in [0.2, 0.25) is 0 Å². The van der Waals surface area contributed by atoms with Gasteiger partial charge in [-0.2, -0.15) is 13.2 Å². The molecule has 1 aromatic carbocycles. The molecule has 20 heavy (non-hydrogen) atoms.